The van der Waals surface area contributed by atoms with E-state index in [-0.39, 0.29) is 0 Å². The summed E-state index contributed by atoms with van der Waals surface area (Å²) in [5.41, 5.74) is 0. The standard InChI is InChI=1S/C13H19NO2S/c1-9(10-4-2-3-5-10)14-8-11-6-7-12(17-11)13(15)16/h6-7,9-10,14H,2-5,8H2,1H3,(H,15,16)/t9-/m0/s1. The number of carboxylic acids is 1. The number of nitrogens with one attached hydrogen (secondary N) is 1. The van der Waals surface area contributed by atoms with Gasteiger partial charge in [-0.2, -0.15) is 0 Å². The van der Waals surface area contributed by atoms with E-state index in [4.69, 9.17) is 5.11 Å². The van der Waals surface area contributed by atoms with Crippen molar-refractivity contribution in [3.8, 4) is 0 Å². The minimum atomic E-state index is -0.829. The first-order chi connectivity index (χ1) is 8.16. The van der Waals surface area contributed by atoms with Crippen LogP contribution in [-0.4, -0.2) is 17.1 Å². The molecular formula is C13H19NO2S. The van der Waals surface area contributed by atoms with Crippen molar-refractivity contribution < 1.29 is 9.90 Å². The molecule has 0 aliphatic heterocycles. The smallest absolute Gasteiger partial charge is 0.345 e. The summed E-state index contributed by atoms with van der Waals surface area (Å²) in [7, 11) is 0. The summed E-state index contributed by atoms with van der Waals surface area (Å²) in [6.07, 6.45) is 5.38. The van der Waals surface area contributed by atoms with Crippen molar-refractivity contribution in [2.24, 2.45) is 5.92 Å². The molecule has 0 saturated heterocycles. The minimum absolute atomic E-state index is 0.426. The number of rotatable bonds is 5. The van der Waals surface area contributed by atoms with Gasteiger partial charge in [-0.25, -0.2) is 4.79 Å². The average Bonchev–Trinajstić information content (AvgIpc) is 2.97. The molecule has 94 valence electrons. The van der Waals surface area contributed by atoms with E-state index in [1.54, 1.807) is 6.07 Å². The molecule has 1 heterocycles. The second kappa shape index (κ2) is 5.65. The summed E-state index contributed by atoms with van der Waals surface area (Å²) in [6, 6.07) is 4.13. The van der Waals surface area contributed by atoms with Crippen LogP contribution in [0.1, 0.15) is 47.2 Å². The largest absolute Gasteiger partial charge is 0.477 e. The Morgan fingerprint density at radius 2 is 2.24 bits per heavy atom. The molecule has 1 aliphatic rings. The Balaban J connectivity index is 1.82. The number of thiophene rings is 1. The van der Waals surface area contributed by atoms with Crippen molar-refractivity contribution in [2.75, 3.05) is 0 Å². The Morgan fingerprint density at radius 3 is 2.82 bits per heavy atom. The lowest BCUT2D eigenvalue weighted by Gasteiger charge is -2.19. The first-order valence-corrected chi connectivity index (χ1v) is 7.04. The van der Waals surface area contributed by atoms with Crippen molar-refractivity contribution >= 4 is 17.3 Å². The minimum Gasteiger partial charge on any atom is -0.477 e. The van der Waals surface area contributed by atoms with Crippen molar-refractivity contribution in [3.05, 3.63) is 21.9 Å². The highest BCUT2D eigenvalue weighted by molar-refractivity contribution is 7.13. The quantitative estimate of drug-likeness (QED) is 0.847. The second-order valence-electron chi connectivity index (χ2n) is 4.79. The van der Waals surface area contributed by atoms with E-state index in [1.807, 2.05) is 6.07 Å². The molecule has 0 amide bonds. The fourth-order valence-corrected chi connectivity index (χ4v) is 3.27. The van der Waals surface area contributed by atoms with Crippen molar-refractivity contribution in [1.82, 2.24) is 5.32 Å². The van der Waals surface area contributed by atoms with Crippen LogP contribution in [0.4, 0.5) is 0 Å². The number of hydrogen-bond acceptors (Lipinski definition) is 3. The molecule has 4 heteroatoms. The number of aromatic carboxylic acids is 1. The summed E-state index contributed by atoms with van der Waals surface area (Å²) in [5, 5.41) is 12.3. The summed E-state index contributed by atoms with van der Waals surface area (Å²) in [4.78, 5) is 12.3. The maximum atomic E-state index is 10.8. The third-order valence-corrected chi connectivity index (χ3v) is 4.65. The Labute approximate surface area is 106 Å². The predicted molar refractivity (Wildman–Crippen MR) is 69.5 cm³/mol. The van der Waals surface area contributed by atoms with Gasteiger partial charge < -0.3 is 10.4 Å². The van der Waals surface area contributed by atoms with Crippen LogP contribution >= 0.6 is 11.3 Å². The zero-order chi connectivity index (χ0) is 12.3. The Bertz CT molecular complexity index is 383. The first-order valence-electron chi connectivity index (χ1n) is 6.22. The normalized spacial score (nSPS) is 18.4. The van der Waals surface area contributed by atoms with Crippen LogP contribution in [0.2, 0.25) is 0 Å². The molecule has 1 atom stereocenters. The van der Waals surface area contributed by atoms with Gasteiger partial charge in [0.1, 0.15) is 4.88 Å². The number of hydrogen-bond donors (Lipinski definition) is 2. The molecule has 3 nitrogen and oxygen atoms in total. The van der Waals surface area contributed by atoms with E-state index < -0.39 is 5.97 Å². The molecule has 1 aromatic heterocycles. The van der Waals surface area contributed by atoms with E-state index >= 15 is 0 Å². The summed E-state index contributed by atoms with van der Waals surface area (Å²) >= 11 is 1.36. The Kier molecular flexibility index (Phi) is 4.18. The van der Waals surface area contributed by atoms with Crippen LogP contribution in [-0.2, 0) is 6.54 Å². The Hall–Kier alpha value is -0.870. The van der Waals surface area contributed by atoms with Crippen LogP contribution in [0.3, 0.4) is 0 Å². The molecule has 2 rings (SSSR count). The lowest BCUT2D eigenvalue weighted by molar-refractivity contribution is 0.0702. The monoisotopic (exact) mass is 253 g/mol. The number of carbonyl (C=O) groups is 1. The van der Waals surface area contributed by atoms with Crippen LogP contribution in [0.5, 0.6) is 0 Å². The Morgan fingerprint density at radius 1 is 1.53 bits per heavy atom. The van der Waals surface area contributed by atoms with Gasteiger partial charge in [0.2, 0.25) is 0 Å². The third kappa shape index (κ3) is 3.30. The van der Waals surface area contributed by atoms with Gasteiger partial charge in [-0.3, -0.25) is 0 Å². The molecule has 0 unspecified atom stereocenters. The van der Waals surface area contributed by atoms with Crippen LogP contribution in [0, 0.1) is 5.92 Å². The molecule has 1 saturated carbocycles. The maximum absolute atomic E-state index is 10.8. The zero-order valence-corrected chi connectivity index (χ0v) is 10.9. The first kappa shape index (κ1) is 12.6. The number of carboxylic acid groups (broad SMARTS) is 1. The van der Waals surface area contributed by atoms with Crippen molar-refractivity contribution in [3.63, 3.8) is 0 Å². The fraction of sp³-hybridized carbons (Fsp3) is 0.615. The molecule has 17 heavy (non-hydrogen) atoms. The van der Waals surface area contributed by atoms with Gasteiger partial charge in [0, 0.05) is 17.5 Å². The van der Waals surface area contributed by atoms with Gasteiger partial charge in [-0.05, 0) is 37.8 Å². The molecule has 0 spiro atoms. The summed E-state index contributed by atoms with van der Waals surface area (Å²) in [6.45, 7) is 3.03. The predicted octanol–water partition coefficient (Wildman–Crippen LogP) is 3.11. The highest BCUT2D eigenvalue weighted by Gasteiger charge is 2.21. The zero-order valence-electron chi connectivity index (χ0n) is 10.1. The fourth-order valence-electron chi connectivity index (χ4n) is 2.47. The van der Waals surface area contributed by atoms with Gasteiger partial charge in [0.15, 0.2) is 0 Å². The van der Waals surface area contributed by atoms with Gasteiger partial charge in [0.25, 0.3) is 0 Å². The highest BCUT2D eigenvalue weighted by Crippen LogP contribution is 2.27. The van der Waals surface area contributed by atoms with Gasteiger partial charge in [0.05, 0.1) is 0 Å². The van der Waals surface area contributed by atoms with E-state index in [9.17, 15) is 4.79 Å². The van der Waals surface area contributed by atoms with E-state index in [1.165, 1.54) is 37.0 Å². The molecule has 1 fully saturated rings. The molecule has 1 aromatic rings. The topological polar surface area (TPSA) is 49.3 Å². The lowest BCUT2D eigenvalue weighted by atomic mass is 10.00. The van der Waals surface area contributed by atoms with Gasteiger partial charge in [-0.15, -0.1) is 11.3 Å². The second-order valence-corrected chi connectivity index (χ2v) is 5.95. The molecule has 0 aromatic carbocycles. The van der Waals surface area contributed by atoms with Crippen molar-refractivity contribution in [2.45, 2.75) is 45.2 Å². The molecule has 1 aliphatic carbocycles. The van der Waals surface area contributed by atoms with Crippen LogP contribution < -0.4 is 5.32 Å². The average molecular weight is 253 g/mol. The third-order valence-electron chi connectivity index (χ3n) is 3.58. The highest BCUT2D eigenvalue weighted by atomic mass is 32.1. The van der Waals surface area contributed by atoms with Gasteiger partial charge in [-0.1, -0.05) is 12.8 Å². The molecular weight excluding hydrogens is 234 g/mol. The van der Waals surface area contributed by atoms with Crippen LogP contribution in [0.15, 0.2) is 12.1 Å². The van der Waals surface area contributed by atoms with Gasteiger partial charge >= 0.3 is 5.97 Å². The SMILES string of the molecule is C[C@H](NCc1ccc(C(=O)O)s1)C1CCCC1. The summed E-state index contributed by atoms with van der Waals surface area (Å²) in [5.74, 6) is -0.0287. The lowest BCUT2D eigenvalue weighted by Crippen LogP contribution is -2.31. The molecule has 0 bridgehead atoms. The van der Waals surface area contributed by atoms with E-state index in [0.717, 1.165) is 17.3 Å². The van der Waals surface area contributed by atoms with E-state index in [0.29, 0.717) is 10.9 Å². The molecule has 0 radical (unpaired) electrons. The summed E-state index contributed by atoms with van der Waals surface area (Å²) < 4.78 is 0. The van der Waals surface area contributed by atoms with Crippen molar-refractivity contribution in [1.29, 1.82) is 0 Å². The maximum Gasteiger partial charge on any atom is 0.345 e. The molecule has 2 N–H and O–H groups in total. The van der Waals surface area contributed by atoms with E-state index in [2.05, 4.69) is 12.2 Å². The van der Waals surface area contributed by atoms with Crippen LogP contribution in [0.25, 0.3) is 0 Å².